The van der Waals surface area contributed by atoms with E-state index in [1.54, 1.807) is 6.20 Å². The van der Waals surface area contributed by atoms with Crippen molar-refractivity contribution in [3.05, 3.63) is 23.9 Å². The fraction of sp³-hybridized carbons (Fsp3) is 0.500. The maximum Gasteiger partial charge on any atom is 0.176 e. The van der Waals surface area contributed by atoms with Gasteiger partial charge in [0.05, 0.1) is 0 Å². The standard InChI is InChI=1S/C10H15N3/c1-12-7-3-2-4-9-5-6-10(11)13-8-9/h8,12H,2-4,7H2,1H3,(H2,11,13). The van der Waals surface area contributed by atoms with Crippen molar-refractivity contribution in [1.82, 2.24) is 10.3 Å². The zero-order chi connectivity index (χ0) is 9.52. The van der Waals surface area contributed by atoms with E-state index in [4.69, 9.17) is 5.73 Å². The van der Waals surface area contributed by atoms with Crippen molar-refractivity contribution < 1.29 is 0 Å². The third-order valence-electron chi connectivity index (χ3n) is 1.83. The molecule has 0 aliphatic carbocycles. The molecular formula is C10H15N3. The van der Waals surface area contributed by atoms with E-state index in [1.807, 2.05) is 7.05 Å². The Labute approximate surface area is 79.4 Å². The van der Waals surface area contributed by atoms with Gasteiger partial charge in [-0.05, 0) is 38.9 Å². The van der Waals surface area contributed by atoms with Crippen LogP contribution in [0.1, 0.15) is 18.4 Å². The molecule has 1 aromatic rings. The van der Waals surface area contributed by atoms with Crippen LogP contribution in [0.3, 0.4) is 0 Å². The van der Waals surface area contributed by atoms with Gasteiger partial charge in [-0.2, -0.15) is 0 Å². The molecule has 0 aliphatic rings. The van der Waals surface area contributed by atoms with Gasteiger partial charge in [0.2, 0.25) is 0 Å². The number of nitrogens with two attached hydrogens (primary N) is 1. The number of aryl methyl sites for hydroxylation is 1. The van der Waals surface area contributed by atoms with E-state index in [0.717, 1.165) is 24.9 Å². The minimum Gasteiger partial charge on any atom is -0.377 e. The molecule has 0 radical (unpaired) electrons. The van der Waals surface area contributed by atoms with E-state index < -0.39 is 0 Å². The smallest absolute Gasteiger partial charge is 0.176 e. The van der Waals surface area contributed by atoms with Crippen molar-refractivity contribution in [2.75, 3.05) is 19.3 Å². The average molecular weight is 177 g/mol. The number of anilines is 1. The lowest BCUT2D eigenvalue weighted by atomic mass is 10.1. The van der Waals surface area contributed by atoms with Crippen LogP contribution in [0, 0.1) is 12.1 Å². The van der Waals surface area contributed by atoms with Gasteiger partial charge in [0.1, 0.15) is 0 Å². The highest BCUT2D eigenvalue weighted by atomic mass is 14.8. The lowest BCUT2D eigenvalue weighted by Crippen LogP contribution is -2.07. The van der Waals surface area contributed by atoms with Crippen molar-refractivity contribution in [3.8, 4) is 0 Å². The summed E-state index contributed by atoms with van der Waals surface area (Å²) in [6, 6.07) is 5.75. The van der Waals surface area contributed by atoms with E-state index in [2.05, 4.69) is 22.4 Å². The predicted octanol–water partition coefficient (Wildman–Crippen LogP) is 0.806. The van der Waals surface area contributed by atoms with Gasteiger partial charge in [-0.25, -0.2) is 4.98 Å². The molecule has 0 aliphatic heterocycles. The molecule has 3 heteroatoms. The number of hydrogen-bond donors (Lipinski definition) is 2. The number of nitrogen functional groups attached to an aromatic ring is 1. The Morgan fingerprint density at radius 1 is 1.46 bits per heavy atom. The fourth-order valence-electron chi connectivity index (χ4n) is 1.10. The molecule has 3 N–H and O–H groups in total. The van der Waals surface area contributed by atoms with Gasteiger partial charge in [0.25, 0.3) is 0 Å². The van der Waals surface area contributed by atoms with Crippen molar-refractivity contribution in [1.29, 1.82) is 0 Å². The van der Waals surface area contributed by atoms with Gasteiger partial charge >= 0.3 is 0 Å². The van der Waals surface area contributed by atoms with Gasteiger partial charge in [-0.3, -0.25) is 0 Å². The van der Waals surface area contributed by atoms with Crippen LogP contribution in [-0.4, -0.2) is 18.6 Å². The van der Waals surface area contributed by atoms with E-state index in [1.165, 1.54) is 6.42 Å². The van der Waals surface area contributed by atoms with Crippen LogP contribution in [0.2, 0.25) is 0 Å². The topological polar surface area (TPSA) is 50.9 Å². The highest BCUT2D eigenvalue weighted by Gasteiger charge is 1.92. The van der Waals surface area contributed by atoms with Crippen molar-refractivity contribution in [3.63, 3.8) is 0 Å². The number of hydrogen-bond acceptors (Lipinski definition) is 3. The number of unbranched alkanes of at least 4 members (excludes halogenated alkanes) is 1. The minimum absolute atomic E-state index is 0.416. The second-order valence-corrected chi connectivity index (χ2v) is 2.98. The van der Waals surface area contributed by atoms with Gasteiger partial charge in [-0.15, -0.1) is 0 Å². The van der Waals surface area contributed by atoms with Gasteiger partial charge < -0.3 is 11.1 Å². The Morgan fingerprint density at radius 2 is 2.31 bits per heavy atom. The van der Waals surface area contributed by atoms with Crippen LogP contribution in [0.5, 0.6) is 0 Å². The van der Waals surface area contributed by atoms with Crippen LogP contribution in [0.4, 0.5) is 5.82 Å². The molecule has 0 amide bonds. The first kappa shape index (κ1) is 9.82. The molecular weight excluding hydrogens is 162 g/mol. The number of rotatable bonds is 5. The molecule has 1 aromatic heterocycles. The highest BCUT2D eigenvalue weighted by molar-refractivity contribution is 5.21. The summed E-state index contributed by atoms with van der Waals surface area (Å²) < 4.78 is 0. The summed E-state index contributed by atoms with van der Waals surface area (Å²) in [4.78, 5) is 3.95. The lowest BCUT2D eigenvalue weighted by molar-refractivity contribution is 0.676. The molecule has 13 heavy (non-hydrogen) atoms. The van der Waals surface area contributed by atoms with E-state index in [9.17, 15) is 0 Å². The van der Waals surface area contributed by atoms with Crippen LogP contribution >= 0.6 is 0 Å². The Morgan fingerprint density at radius 3 is 2.92 bits per heavy atom. The molecule has 0 saturated carbocycles. The summed E-state index contributed by atoms with van der Waals surface area (Å²) in [7, 11) is 1.96. The number of nitrogens with zero attached hydrogens (tertiary/aromatic N) is 1. The van der Waals surface area contributed by atoms with Crippen LogP contribution in [0.25, 0.3) is 0 Å². The highest BCUT2D eigenvalue weighted by Crippen LogP contribution is 2.00. The zero-order valence-corrected chi connectivity index (χ0v) is 7.93. The van der Waals surface area contributed by atoms with E-state index in [-0.39, 0.29) is 0 Å². The molecule has 1 rings (SSSR count). The molecule has 0 unspecified atom stereocenters. The maximum absolute atomic E-state index is 5.40. The molecule has 0 bridgehead atoms. The van der Waals surface area contributed by atoms with Crippen molar-refractivity contribution in [2.24, 2.45) is 0 Å². The minimum atomic E-state index is 0.416. The summed E-state index contributed by atoms with van der Waals surface area (Å²) in [6.45, 7) is 1.06. The monoisotopic (exact) mass is 177 g/mol. The van der Waals surface area contributed by atoms with Gasteiger partial charge in [0.15, 0.2) is 5.82 Å². The number of nitrogens with one attached hydrogen (secondary N) is 1. The zero-order valence-electron chi connectivity index (χ0n) is 7.93. The first-order chi connectivity index (χ1) is 6.33. The van der Waals surface area contributed by atoms with Crippen molar-refractivity contribution >= 4 is 5.82 Å². The van der Waals surface area contributed by atoms with Crippen LogP contribution < -0.4 is 11.1 Å². The molecule has 3 nitrogen and oxygen atoms in total. The van der Waals surface area contributed by atoms with Gasteiger partial charge in [0, 0.05) is 11.8 Å². The second kappa shape index (κ2) is 5.39. The predicted molar refractivity (Wildman–Crippen MR) is 53.2 cm³/mol. The molecule has 0 spiro atoms. The Bertz CT molecular complexity index is 230. The molecule has 70 valence electrons. The summed E-state index contributed by atoms with van der Waals surface area (Å²) in [5.74, 6) is 0.416. The number of aromatic nitrogens is 1. The third kappa shape index (κ3) is 3.77. The third-order valence-corrected chi connectivity index (χ3v) is 1.83. The largest absolute Gasteiger partial charge is 0.377 e. The SMILES string of the molecule is CNCCCCc1c#cc(N)nc1. The molecule has 0 aromatic carbocycles. The first-order valence-electron chi connectivity index (χ1n) is 4.52. The van der Waals surface area contributed by atoms with Crippen LogP contribution in [-0.2, 0) is 6.42 Å². The fourth-order valence-corrected chi connectivity index (χ4v) is 1.10. The van der Waals surface area contributed by atoms with E-state index >= 15 is 0 Å². The first-order valence-corrected chi connectivity index (χ1v) is 4.52. The van der Waals surface area contributed by atoms with Crippen molar-refractivity contribution in [2.45, 2.75) is 19.3 Å². The summed E-state index contributed by atoms with van der Waals surface area (Å²) in [5, 5.41) is 3.11. The Hall–Kier alpha value is -1.27. The Kier molecular flexibility index (Phi) is 4.07. The quantitative estimate of drug-likeness (QED) is 0.654. The summed E-state index contributed by atoms with van der Waals surface area (Å²) in [6.07, 6.45) is 5.10. The molecule has 0 atom stereocenters. The average Bonchev–Trinajstić information content (AvgIpc) is 2.15. The molecule has 0 saturated heterocycles. The van der Waals surface area contributed by atoms with E-state index in [0.29, 0.717) is 5.82 Å². The maximum atomic E-state index is 5.40. The normalized spacial score (nSPS) is 9.62. The molecule has 1 heterocycles. The lowest BCUT2D eigenvalue weighted by Gasteiger charge is -1.98. The Balaban J connectivity index is 2.25. The van der Waals surface area contributed by atoms with Crippen LogP contribution in [0.15, 0.2) is 6.20 Å². The summed E-state index contributed by atoms with van der Waals surface area (Å²) in [5.41, 5.74) is 6.48. The second-order valence-electron chi connectivity index (χ2n) is 2.98. The molecule has 0 fully saturated rings. The summed E-state index contributed by atoms with van der Waals surface area (Å²) >= 11 is 0. The van der Waals surface area contributed by atoms with Gasteiger partial charge in [-0.1, -0.05) is 6.07 Å².